The molecule has 0 spiro atoms. The molecular formula is C6H9NaO4. The van der Waals surface area contributed by atoms with Gasteiger partial charge in [-0.25, -0.2) is 0 Å². The molecule has 0 aromatic rings. The molecule has 0 amide bonds. The Kier molecular flexibility index (Phi) is 9.89. The molecule has 0 unspecified atom stereocenters. The number of methoxy groups -OCH3 is 1. The number of hydrogen-bond acceptors (Lipinski definition) is 4. The van der Waals surface area contributed by atoms with Crippen LogP contribution in [0.25, 0.3) is 0 Å². The first-order valence-electron chi connectivity index (χ1n) is 2.93. The van der Waals surface area contributed by atoms with Crippen LogP contribution in [0.5, 0.6) is 0 Å². The van der Waals surface area contributed by atoms with E-state index < -0.39 is 5.97 Å². The monoisotopic (exact) mass is 168 g/mol. The predicted octanol–water partition coefficient (Wildman–Crippen LogP) is -3.92. The first-order valence-corrected chi connectivity index (χ1v) is 2.93. The Hall–Kier alpha value is -0.0600. The van der Waals surface area contributed by atoms with Crippen molar-refractivity contribution >= 4 is 11.9 Å². The molecule has 0 saturated heterocycles. The number of rotatable bonds is 4. The van der Waals surface area contributed by atoms with Crippen molar-refractivity contribution in [3.63, 3.8) is 0 Å². The fraction of sp³-hybridized carbons (Fsp3) is 0.667. The number of carbonyl (C=O) groups excluding carboxylic acids is 2. The molecule has 0 aromatic carbocycles. The molecule has 0 aliphatic heterocycles. The van der Waals surface area contributed by atoms with Crippen molar-refractivity contribution in [3.05, 3.63) is 0 Å². The quantitative estimate of drug-likeness (QED) is 0.318. The third-order valence-electron chi connectivity index (χ3n) is 0.989. The molecule has 0 bridgehead atoms. The van der Waals surface area contributed by atoms with Gasteiger partial charge in [0.05, 0.1) is 7.11 Å². The van der Waals surface area contributed by atoms with E-state index in [1.54, 1.807) is 0 Å². The van der Waals surface area contributed by atoms with Crippen molar-refractivity contribution in [2.24, 2.45) is 0 Å². The Morgan fingerprint density at radius 2 is 1.91 bits per heavy atom. The smallest absolute Gasteiger partial charge is 0.550 e. The van der Waals surface area contributed by atoms with Gasteiger partial charge in [-0.05, 0) is 12.8 Å². The van der Waals surface area contributed by atoms with E-state index in [4.69, 9.17) is 0 Å². The first-order chi connectivity index (χ1) is 4.66. The van der Waals surface area contributed by atoms with Crippen LogP contribution >= 0.6 is 0 Å². The van der Waals surface area contributed by atoms with Crippen molar-refractivity contribution in [1.29, 1.82) is 0 Å². The maximum absolute atomic E-state index is 10.4. The second-order valence-corrected chi connectivity index (χ2v) is 1.80. The van der Waals surface area contributed by atoms with Gasteiger partial charge in [0, 0.05) is 12.4 Å². The van der Waals surface area contributed by atoms with E-state index >= 15 is 0 Å². The van der Waals surface area contributed by atoms with Gasteiger partial charge in [-0.15, -0.1) is 0 Å². The van der Waals surface area contributed by atoms with Gasteiger partial charge in [0.1, 0.15) is 0 Å². The fourth-order valence-corrected chi connectivity index (χ4v) is 0.479. The Labute approximate surface area is 87.2 Å². The Morgan fingerprint density at radius 3 is 2.27 bits per heavy atom. The summed E-state index contributed by atoms with van der Waals surface area (Å²) in [5.41, 5.74) is 0. The molecule has 4 nitrogen and oxygen atoms in total. The molecule has 0 N–H and O–H groups in total. The van der Waals surface area contributed by atoms with Gasteiger partial charge in [-0.3, -0.25) is 4.79 Å². The van der Waals surface area contributed by atoms with Crippen LogP contribution in [0.1, 0.15) is 19.3 Å². The third-order valence-corrected chi connectivity index (χ3v) is 0.989. The summed E-state index contributed by atoms with van der Waals surface area (Å²) < 4.78 is 4.28. The van der Waals surface area contributed by atoms with E-state index in [2.05, 4.69) is 4.74 Å². The molecule has 0 rings (SSSR count). The van der Waals surface area contributed by atoms with E-state index in [0.717, 1.165) is 0 Å². The molecule has 0 aliphatic carbocycles. The van der Waals surface area contributed by atoms with E-state index in [1.807, 2.05) is 0 Å². The van der Waals surface area contributed by atoms with Gasteiger partial charge in [0.2, 0.25) is 0 Å². The van der Waals surface area contributed by atoms with Crippen LogP contribution in [-0.4, -0.2) is 19.0 Å². The van der Waals surface area contributed by atoms with Crippen LogP contribution in [0.3, 0.4) is 0 Å². The summed E-state index contributed by atoms with van der Waals surface area (Å²) in [5, 5.41) is 9.81. The van der Waals surface area contributed by atoms with Crippen molar-refractivity contribution < 1.29 is 49.0 Å². The van der Waals surface area contributed by atoms with Crippen molar-refractivity contribution in [3.8, 4) is 0 Å². The third kappa shape index (κ3) is 9.94. The second-order valence-electron chi connectivity index (χ2n) is 1.80. The summed E-state index contributed by atoms with van der Waals surface area (Å²) in [6.45, 7) is 0. The summed E-state index contributed by atoms with van der Waals surface area (Å²) in [6, 6.07) is 0. The molecule has 0 fully saturated rings. The zero-order valence-corrected chi connectivity index (χ0v) is 8.75. The fourth-order valence-electron chi connectivity index (χ4n) is 0.479. The average molecular weight is 168 g/mol. The van der Waals surface area contributed by atoms with Crippen LogP contribution in [0.15, 0.2) is 0 Å². The number of ether oxygens (including phenoxy) is 1. The summed E-state index contributed by atoms with van der Waals surface area (Å²) in [4.78, 5) is 20.2. The van der Waals surface area contributed by atoms with Crippen LogP contribution in [0.2, 0.25) is 0 Å². The van der Waals surface area contributed by atoms with Gasteiger partial charge in [-0.2, -0.15) is 0 Å². The van der Waals surface area contributed by atoms with Gasteiger partial charge in [-0.1, -0.05) is 0 Å². The normalized spacial score (nSPS) is 8.09. The molecule has 0 saturated carbocycles. The second kappa shape index (κ2) is 8.04. The first kappa shape index (κ1) is 13.5. The SMILES string of the molecule is COC(=O)CCCC(=O)[O-].[Na+]. The number of hydrogen-bond donors (Lipinski definition) is 0. The Bertz CT molecular complexity index is 135. The molecule has 0 atom stereocenters. The molecular weight excluding hydrogens is 159 g/mol. The standard InChI is InChI=1S/C6H10O4.Na/c1-10-6(9)4-2-3-5(7)8;/h2-4H2,1H3,(H,7,8);/q;+1/p-1. The van der Waals surface area contributed by atoms with Gasteiger partial charge < -0.3 is 14.6 Å². The van der Waals surface area contributed by atoms with E-state index in [1.165, 1.54) is 7.11 Å². The Balaban J connectivity index is 0. The topological polar surface area (TPSA) is 66.4 Å². The minimum Gasteiger partial charge on any atom is -0.550 e. The summed E-state index contributed by atoms with van der Waals surface area (Å²) in [5.74, 6) is -1.52. The molecule has 58 valence electrons. The zero-order chi connectivity index (χ0) is 7.98. The summed E-state index contributed by atoms with van der Waals surface area (Å²) in [7, 11) is 1.27. The van der Waals surface area contributed by atoms with Crippen LogP contribution in [0, 0.1) is 0 Å². The number of aliphatic carboxylic acids is 1. The molecule has 0 heterocycles. The maximum Gasteiger partial charge on any atom is 1.00 e. The van der Waals surface area contributed by atoms with E-state index in [0.29, 0.717) is 0 Å². The molecule has 0 radical (unpaired) electrons. The van der Waals surface area contributed by atoms with Crippen LogP contribution in [-0.2, 0) is 14.3 Å². The minimum atomic E-state index is -1.14. The van der Waals surface area contributed by atoms with E-state index in [9.17, 15) is 14.7 Å². The van der Waals surface area contributed by atoms with Crippen LogP contribution in [0.4, 0.5) is 0 Å². The molecule has 0 aromatic heterocycles. The molecule has 5 heteroatoms. The predicted molar refractivity (Wildman–Crippen MR) is 30.9 cm³/mol. The summed E-state index contributed by atoms with van der Waals surface area (Å²) >= 11 is 0. The number of carboxylic acids is 1. The van der Waals surface area contributed by atoms with Gasteiger partial charge in [0.25, 0.3) is 0 Å². The largest absolute Gasteiger partial charge is 1.00 e. The summed E-state index contributed by atoms with van der Waals surface area (Å²) in [6.07, 6.45) is 0.342. The zero-order valence-electron chi connectivity index (χ0n) is 6.75. The van der Waals surface area contributed by atoms with Crippen molar-refractivity contribution in [2.45, 2.75) is 19.3 Å². The number of carboxylic acid groups (broad SMARTS) is 1. The number of esters is 1. The van der Waals surface area contributed by atoms with E-state index in [-0.39, 0.29) is 54.8 Å². The van der Waals surface area contributed by atoms with Crippen LogP contribution < -0.4 is 34.7 Å². The Morgan fingerprint density at radius 1 is 1.36 bits per heavy atom. The molecule has 0 aliphatic rings. The van der Waals surface area contributed by atoms with Crippen molar-refractivity contribution in [2.75, 3.05) is 7.11 Å². The van der Waals surface area contributed by atoms with Crippen molar-refractivity contribution in [1.82, 2.24) is 0 Å². The molecule has 11 heavy (non-hydrogen) atoms. The number of carbonyl (C=O) groups is 2. The minimum absolute atomic E-state index is 0. The average Bonchev–Trinajstić information content (AvgIpc) is 1.87. The van der Waals surface area contributed by atoms with Gasteiger partial charge >= 0.3 is 35.5 Å². The maximum atomic E-state index is 10.4. The van der Waals surface area contributed by atoms with Gasteiger partial charge in [0.15, 0.2) is 0 Å².